The molecule has 0 atom stereocenters. The van der Waals surface area contributed by atoms with E-state index in [1.807, 2.05) is 48.5 Å². The lowest BCUT2D eigenvalue weighted by molar-refractivity contribution is 0.0526. The van der Waals surface area contributed by atoms with E-state index >= 15 is 0 Å². The van der Waals surface area contributed by atoms with Crippen LogP contribution in [0.2, 0.25) is 5.02 Å². The lowest BCUT2D eigenvalue weighted by Gasteiger charge is -2.11. The Morgan fingerprint density at radius 2 is 1.79 bits per heavy atom. The maximum atomic E-state index is 12.1. The van der Waals surface area contributed by atoms with E-state index in [4.69, 9.17) is 21.3 Å². The number of rotatable bonds is 6. The monoisotopic (exact) mass is 404 g/mol. The van der Waals surface area contributed by atoms with Gasteiger partial charge in [-0.15, -0.1) is 0 Å². The summed E-state index contributed by atoms with van der Waals surface area (Å²) in [5, 5.41) is 0.725. The SMILES string of the molecule is CCOC(=O)c1ccc2c(c1)nc(Cc1ccccc1)n2Cc1ccccc1Cl. The molecule has 0 aliphatic heterocycles. The summed E-state index contributed by atoms with van der Waals surface area (Å²) in [4.78, 5) is 17.0. The van der Waals surface area contributed by atoms with Gasteiger partial charge in [0, 0.05) is 11.4 Å². The molecule has 0 N–H and O–H groups in total. The zero-order valence-corrected chi connectivity index (χ0v) is 16.9. The normalized spacial score (nSPS) is 11.0. The average Bonchev–Trinajstić information content (AvgIpc) is 3.07. The van der Waals surface area contributed by atoms with Crippen LogP contribution in [0.5, 0.6) is 0 Å². The molecule has 5 heteroatoms. The fourth-order valence-electron chi connectivity index (χ4n) is 3.41. The summed E-state index contributed by atoms with van der Waals surface area (Å²) in [6, 6.07) is 23.6. The zero-order valence-electron chi connectivity index (χ0n) is 16.1. The number of esters is 1. The molecule has 0 unspecified atom stereocenters. The van der Waals surface area contributed by atoms with Gasteiger partial charge in [-0.2, -0.15) is 0 Å². The number of ether oxygens (including phenoxy) is 1. The zero-order chi connectivity index (χ0) is 20.2. The van der Waals surface area contributed by atoms with Crippen molar-refractivity contribution in [1.82, 2.24) is 9.55 Å². The van der Waals surface area contributed by atoms with E-state index in [2.05, 4.69) is 16.7 Å². The van der Waals surface area contributed by atoms with Gasteiger partial charge >= 0.3 is 5.97 Å². The maximum Gasteiger partial charge on any atom is 0.338 e. The largest absolute Gasteiger partial charge is 0.462 e. The van der Waals surface area contributed by atoms with Crippen molar-refractivity contribution < 1.29 is 9.53 Å². The number of imidazole rings is 1. The summed E-state index contributed by atoms with van der Waals surface area (Å²) >= 11 is 6.41. The van der Waals surface area contributed by atoms with E-state index in [-0.39, 0.29) is 5.97 Å². The molecule has 0 aliphatic carbocycles. The van der Waals surface area contributed by atoms with Crippen molar-refractivity contribution in [3.8, 4) is 0 Å². The van der Waals surface area contributed by atoms with Crippen LogP contribution in [0.25, 0.3) is 11.0 Å². The smallest absolute Gasteiger partial charge is 0.338 e. The molecule has 29 heavy (non-hydrogen) atoms. The van der Waals surface area contributed by atoms with Crippen molar-refractivity contribution in [3.63, 3.8) is 0 Å². The van der Waals surface area contributed by atoms with Gasteiger partial charge in [-0.1, -0.05) is 60.1 Å². The highest BCUT2D eigenvalue weighted by atomic mass is 35.5. The molecule has 0 aliphatic rings. The minimum absolute atomic E-state index is 0.334. The lowest BCUT2D eigenvalue weighted by atomic mass is 10.1. The minimum Gasteiger partial charge on any atom is -0.462 e. The fourth-order valence-corrected chi connectivity index (χ4v) is 3.60. The minimum atomic E-state index is -0.334. The van der Waals surface area contributed by atoms with Crippen LogP contribution < -0.4 is 0 Å². The number of hydrogen-bond donors (Lipinski definition) is 0. The second-order valence-corrected chi connectivity index (χ2v) is 7.20. The summed E-state index contributed by atoms with van der Waals surface area (Å²) in [6.07, 6.45) is 0.689. The number of aromatic nitrogens is 2. The first-order valence-corrected chi connectivity index (χ1v) is 9.97. The van der Waals surface area contributed by atoms with E-state index in [0.717, 1.165) is 27.4 Å². The van der Waals surface area contributed by atoms with Crippen LogP contribution in [-0.2, 0) is 17.7 Å². The predicted octanol–water partition coefficient (Wildman–Crippen LogP) is 5.51. The van der Waals surface area contributed by atoms with Gasteiger partial charge in [0.05, 0.1) is 29.7 Å². The van der Waals surface area contributed by atoms with E-state index < -0.39 is 0 Å². The number of halogens is 1. The van der Waals surface area contributed by atoms with Crippen molar-refractivity contribution in [2.75, 3.05) is 6.61 Å². The Bertz CT molecular complexity index is 1150. The molecule has 1 heterocycles. The number of carbonyl (C=O) groups is 1. The van der Waals surface area contributed by atoms with Gasteiger partial charge in [0.15, 0.2) is 0 Å². The van der Waals surface area contributed by atoms with Crippen molar-refractivity contribution in [1.29, 1.82) is 0 Å². The van der Waals surface area contributed by atoms with Crippen molar-refractivity contribution in [2.45, 2.75) is 19.9 Å². The topological polar surface area (TPSA) is 44.1 Å². The van der Waals surface area contributed by atoms with Crippen LogP contribution in [0.1, 0.15) is 34.2 Å². The van der Waals surface area contributed by atoms with E-state index in [1.165, 1.54) is 5.56 Å². The Morgan fingerprint density at radius 1 is 1.03 bits per heavy atom. The third kappa shape index (κ3) is 4.17. The number of nitrogens with zero attached hydrogens (tertiary/aromatic N) is 2. The molecule has 4 aromatic rings. The molecule has 4 nitrogen and oxygen atoms in total. The van der Waals surface area contributed by atoms with E-state index in [1.54, 1.807) is 19.1 Å². The van der Waals surface area contributed by atoms with Crippen molar-refractivity contribution >= 4 is 28.6 Å². The van der Waals surface area contributed by atoms with E-state index in [0.29, 0.717) is 25.1 Å². The first-order chi connectivity index (χ1) is 14.2. The average molecular weight is 405 g/mol. The Balaban J connectivity index is 1.79. The predicted molar refractivity (Wildman–Crippen MR) is 115 cm³/mol. The van der Waals surface area contributed by atoms with Gasteiger partial charge in [0.25, 0.3) is 0 Å². The van der Waals surface area contributed by atoms with Gasteiger partial charge in [0.2, 0.25) is 0 Å². The van der Waals surface area contributed by atoms with Crippen LogP contribution in [0.4, 0.5) is 0 Å². The summed E-state index contributed by atoms with van der Waals surface area (Å²) in [7, 11) is 0. The second-order valence-electron chi connectivity index (χ2n) is 6.79. The van der Waals surface area contributed by atoms with Gasteiger partial charge in [-0.25, -0.2) is 9.78 Å². The number of benzene rings is 3. The van der Waals surface area contributed by atoms with Crippen LogP contribution >= 0.6 is 11.6 Å². The Labute approximate surface area is 174 Å². The maximum absolute atomic E-state index is 12.1. The number of hydrogen-bond acceptors (Lipinski definition) is 3. The molecule has 0 bridgehead atoms. The Kier molecular flexibility index (Phi) is 5.63. The van der Waals surface area contributed by atoms with Crippen LogP contribution in [-0.4, -0.2) is 22.1 Å². The molecular formula is C24H21ClN2O2. The molecule has 0 radical (unpaired) electrons. The van der Waals surface area contributed by atoms with Crippen LogP contribution in [0.15, 0.2) is 72.8 Å². The molecule has 1 aromatic heterocycles. The third-order valence-electron chi connectivity index (χ3n) is 4.83. The van der Waals surface area contributed by atoms with E-state index in [9.17, 15) is 4.79 Å². The molecule has 3 aromatic carbocycles. The Morgan fingerprint density at radius 3 is 2.55 bits per heavy atom. The third-order valence-corrected chi connectivity index (χ3v) is 5.20. The van der Waals surface area contributed by atoms with Crippen molar-refractivity contribution in [2.24, 2.45) is 0 Å². The van der Waals surface area contributed by atoms with Crippen LogP contribution in [0, 0.1) is 0 Å². The van der Waals surface area contributed by atoms with Gasteiger partial charge in [-0.3, -0.25) is 0 Å². The molecule has 146 valence electrons. The van der Waals surface area contributed by atoms with Crippen molar-refractivity contribution in [3.05, 3.63) is 100 Å². The lowest BCUT2D eigenvalue weighted by Crippen LogP contribution is -2.07. The molecule has 0 saturated carbocycles. The van der Waals surface area contributed by atoms with Gasteiger partial charge in [0.1, 0.15) is 5.82 Å². The number of fused-ring (bicyclic) bond motifs is 1. The highest BCUT2D eigenvalue weighted by molar-refractivity contribution is 6.31. The highest BCUT2D eigenvalue weighted by Crippen LogP contribution is 2.24. The molecule has 0 fully saturated rings. The summed E-state index contributed by atoms with van der Waals surface area (Å²) in [5.74, 6) is 0.590. The molecule has 0 amide bonds. The van der Waals surface area contributed by atoms with Gasteiger partial charge < -0.3 is 9.30 Å². The van der Waals surface area contributed by atoms with Gasteiger partial charge in [-0.05, 0) is 42.3 Å². The fraction of sp³-hybridized carbons (Fsp3) is 0.167. The first kappa shape index (κ1) is 19.2. The summed E-state index contributed by atoms with van der Waals surface area (Å²) in [6.45, 7) is 2.75. The summed E-state index contributed by atoms with van der Waals surface area (Å²) in [5.41, 5.74) is 4.44. The number of carbonyl (C=O) groups excluding carboxylic acids is 1. The molecule has 4 rings (SSSR count). The Hall–Kier alpha value is -3.11. The van der Waals surface area contributed by atoms with Crippen LogP contribution in [0.3, 0.4) is 0 Å². The standard InChI is InChI=1S/C24H21ClN2O2/c1-2-29-24(28)18-12-13-22-21(15-18)26-23(14-17-8-4-3-5-9-17)27(22)16-19-10-6-7-11-20(19)25/h3-13,15H,2,14,16H2,1H3. The molecular weight excluding hydrogens is 384 g/mol. The quantitative estimate of drug-likeness (QED) is 0.398. The highest BCUT2D eigenvalue weighted by Gasteiger charge is 2.15. The molecule has 0 saturated heterocycles. The first-order valence-electron chi connectivity index (χ1n) is 9.59. The molecule has 0 spiro atoms. The summed E-state index contributed by atoms with van der Waals surface area (Å²) < 4.78 is 7.30. The second kappa shape index (κ2) is 8.50.